The third kappa shape index (κ3) is 4.13. The molecule has 1 fully saturated rings. The van der Waals surface area contributed by atoms with E-state index in [-0.39, 0.29) is 30.6 Å². The molecule has 33 heavy (non-hydrogen) atoms. The number of nitrogens with zero attached hydrogens (tertiary/aromatic N) is 3. The topological polar surface area (TPSA) is 70.6 Å². The molecule has 0 atom stereocenters. The number of fused-ring (bicyclic) bond motifs is 1. The number of benzene rings is 3. The van der Waals surface area contributed by atoms with Gasteiger partial charge in [-0.2, -0.15) is 0 Å². The quantitative estimate of drug-likeness (QED) is 0.360. The van der Waals surface area contributed by atoms with E-state index in [1.54, 1.807) is 35.2 Å². The van der Waals surface area contributed by atoms with E-state index in [1.807, 2.05) is 42.5 Å². The van der Waals surface area contributed by atoms with Crippen molar-refractivity contribution in [3.05, 3.63) is 88.9 Å². The highest BCUT2D eigenvalue weighted by molar-refractivity contribution is 7.22. The Morgan fingerprint density at radius 3 is 2.30 bits per heavy atom. The number of para-hydroxylation sites is 1. The number of halogens is 1. The standard InChI is InChI=1S/C25H18ClN3O3S/c26-19-7-4-8-20-23(19)27-25(33-20)28(15-16-5-2-1-3-6-16)24(32)17-9-11-18(12-10-17)29-21(30)13-14-22(29)31/h1-12H,13-15H2. The van der Waals surface area contributed by atoms with Gasteiger partial charge >= 0.3 is 0 Å². The van der Waals surface area contributed by atoms with Crippen molar-refractivity contribution < 1.29 is 14.4 Å². The van der Waals surface area contributed by atoms with Crippen LogP contribution < -0.4 is 9.80 Å². The molecule has 0 N–H and O–H groups in total. The smallest absolute Gasteiger partial charge is 0.260 e. The summed E-state index contributed by atoms with van der Waals surface area (Å²) in [7, 11) is 0. The van der Waals surface area contributed by atoms with Crippen LogP contribution in [0.25, 0.3) is 10.2 Å². The second kappa shape index (κ2) is 8.77. The Balaban J connectivity index is 1.50. The summed E-state index contributed by atoms with van der Waals surface area (Å²) in [5.74, 6) is -0.688. The number of thiazole rings is 1. The first kappa shape index (κ1) is 21.3. The van der Waals surface area contributed by atoms with Crippen molar-refractivity contribution in [3.63, 3.8) is 0 Å². The van der Waals surface area contributed by atoms with Gasteiger partial charge < -0.3 is 0 Å². The number of anilines is 2. The summed E-state index contributed by atoms with van der Waals surface area (Å²) in [6, 6.07) is 21.8. The number of amides is 3. The van der Waals surface area contributed by atoms with Gasteiger partial charge in [-0.15, -0.1) is 0 Å². The SMILES string of the molecule is O=C(c1ccc(N2C(=O)CCC2=O)cc1)N(Cc1ccccc1)c1nc2c(Cl)cccc2s1. The molecule has 5 rings (SSSR count). The molecule has 3 amide bonds. The maximum atomic E-state index is 13.6. The minimum atomic E-state index is -0.236. The van der Waals surface area contributed by atoms with Gasteiger partial charge in [0.05, 0.1) is 22.0 Å². The predicted molar refractivity (Wildman–Crippen MR) is 130 cm³/mol. The lowest BCUT2D eigenvalue weighted by atomic mass is 10.1. The Bertz CT molecular complexity index is 1350. The van der Waals surface area contributed by atoms with E-state index >= 15 is 0 Å². The van der Waals surface area contributed by atoms with Crippen LogP contribution in [0.3, 0.4) is 0 Å². The Hall–Kier alpha value is -3.55. The molecule has 4 aromatic rings. The van der Waals surface area contributed by atoms with Crippen LogP contribution >= 0.6 is 22.9 Å². The van der Waals surface area contributed by atoms with Gasteiger partial charge in [-0.05, 0) is 42.0 Å². The predicted octanol–water partition coefficient (Wildman–Crippen LogP) is 5.45. The maximum Gasteiger partial charge on any atom is 0.260 e. The first-order chi connectivity index (χ1) is 16.0. The normalized spacial score (nSPS) is 13.7. The summed E-state index contributed by atoms with van der Waals surface area (Å²) in [5.41, 5.74) is 2.52. The molecule has 8 heteroatoms. The minimum Gasteiger partial charge on any atom is -0.279 e. The summed E-state index contributed by atoms with van der Waals surface area (Å²) in [4.78, 5) is 45.1. The van der Waals surface area contributed by atoms with Crippen LogP contribution in [-0.2, 0) is 16.1 Å². The van der Waals surface area contributed by atoms with Crippen molar-refractivity contribution in [1.82, 2.24) is 4.98 Å². The minimum absolute atomic E-state index is 0.213. The van der Waals surface area contributed by atoms with Crippen molar-refractivity contribution in [2.24, 2.45) is 0 Å². The molecule has 0 radical (unpaired) electrons. The van der Waals surface area contributed by atoms with E-state index in [0.717, 1.165) is 10.3 Å². The molecule has 1 saturated heterocycles. The highest BCUT2D eigenvalue weighted by Gasteiger charge is 2.30. The van der Waals surface area contributed by atoms with Crippen molar-refractivity contribution in [2.75, 3.05) is 9.80 Å². The number of aromatic nitrogens is 1. The van der Waals surface area contributed by atoms with Gasteiger partial charge in [-0.1, -0.05) is 59.3 Å². The van der Waals surface area contributed by atoms with Gasteiger partial charge in [0, 0.05) is 18.4 Å². The highest BCUT2D eigenvalue weighted by Crippen LogP contribution is 2.34. The number of rotatable bonds is 5. The summed E-state index contributed by atoms with van der Waals surface area (Å²) >= 11 is 7.71. The van der Waals surface area contributed by atoms with Gasteiger partial charge in [0.2, 0.25) is 11.8 Å². The van der Waals surface area contributed by atoms with E-state index in [0.29, 0.717) is 33.5 Å². The lowest BCUT2D eigenvalue weighted by molar-refractivity contribution is -0.121. The third-order valence-corrected chi connectivity index (χ3v) is 6.79. The monoisotopic (exact) mass is 475 g/mol. The van der Waals surface area contributed by atoms with Crippen LogP contribution in [0.2, 0.25) is 5.02 Å². The molecule has 164 valence electrons. The maximum absolute atomic E-state index is 13.6. The summed E-state index contributed by atoms with van der Waals surface area (Å²) < 4.78 is 0.893. The van der Waals surface area contributed by atoms with E-state index < -0.39 is 0 Å². The van der Waals surface area contributed by atoms with Crippen LogP contribution in [0.1, 0.15) is 28.8 Å². The van der Waals surface area contributed by atoms with Crippen LogP contribution in [0.5, 0.6) is 0 Å². The molecule has 0 aliphatic carbocycles. The van der Waals surface area contributed by atoms with Gasteiger partial charge in [0.25, 0.3) is 5.91 Å². The number of carbonyl (C=O) groups is 3. The molecule has 0 saturated carbocycles. The van der Waals surface area contributed by atoms with Gasteiger partial charge in [0.15, 0.2) is 5.13 Å². The average molecular weight is 476 g/mol. The second-order valence-electron chi connectivity index (χ2n) is 7.63. The zero-order valence-corrected chi connectivity index (χ0v) is 19.0. The number of hydrogen-bond acceptors (Lipinski definition) is 5. The Morgan fingerprint density at radius 2 is 1.64 bits per heavy atom. The molecule has 1 aliphatic rings. The zero-order chi connectivity index (χ0) is 22.9. The molecule has 2 heterocycles. The van der Waals surface area contributed by atoms with Crippen molar-refractivity contribution in [2.45, 2.75) is 19.4 Å². The fraction of sp³-hybridized carbons (Fsp3) is 0.120. The molecule has 1 aliphatic heterocycles. The van der Waals surface area contributed by atoms with Gasteiger partial charge in [-0.3, -0.25) is 24.2 Å². The number of carbonyl (C=O) groups excluding carboxylic acids is 3. The third-order valence-electron chi connectivity index (χ3n) is 5.44. The van der Waals surface area contributed by atoms with Crippen molar-refractivity contribution in [3.8, 4) is 0 Å². The number of hydrogen-bond donors (Lipinski definition) is 0. The summed E-state index contributed by atoms with van der Waals surface area (Å²) in [6.45, 7) is 0.335. The lowest BCUT2D eigenvalue weighted by Crippen LogP contribution is -2.31. The fourth-order valence-corrected chi connectivity index (χ4v) is 5.05. The summed E-state index contributed by atoms with van der Waals surface area (Å²) in [6.07, 6.45) is 0.426. The lowest BCUT2D eigenvalue weighted by Gasteiger charge is -2.21. The fourth-order valence-electron chi connectivity index (χ4n) is 3.78. The van der Waals surface area contributed by atoms with Crippen molar-refractivity contribution in [1.29, 1.82) is 0 Å². The molecule has 0 unspecified atom stereocenters. The molecular formula is C25H18ClN3O3S. The van der Waals surface area contributed by atoms with E-state index in [9.17, 15) is 14.4 Å². The van der Waals surface area contributed by atoms with Crippen LogP contribution in [0.15, 0.2) is 72.8 Å². The van der Waals surface area contributed by atoms with Crippen LogP contribution in [0, 0.1) is 0 Å². The van der Waals surface area contributed by atoms with Crippen LogP contribution in [-0.4, -0.2) is 22.7 Å². The second-order valence-corrected chi connectivity index (χ2v) is 9.05. The van der Waals surface area contributed by atoms with E-state index in [2.05, 4.69) is 4.98 Å². The Labute approximate surface area is 199 Å². The van der Waals surface area contributed by atoms with E-state index in [1.165, 1.54) is 16.2 Å². The van der Waals surface area contributed by atoms with Gasteiger partial charge in [0.1, 0.15) is 5.52 Å². The van der Waals surface area contributed by atoms with E-state index in [4.69, 9.17) is 11.6 Å². The number of imide groups is 1. The Kier molecular flexibility index (Phi) is 5.66. The molecule has 0 spiro atoms. The largest absolute Gasteiger partial charge is 0.279 e. The molecule has 3 aromatic carbocycles. The molecule has 6 nitrogen and oxygen atoms in total. The van der Waals surface area contributed by atoms with Gasteiger partial charge in [-0.25, -0.2) is 4.98 Å². The molecule has 0 bridgehead atoms. The first-order valence-electron chi connectivity index (χ1n) is 10.4. The highest BCUT2D eigenvalue weighted by atomic mass is 35.5. The summed E-state index contributed by atoms with van der Waals surface area (Å²) in [5, 5.41) is 1.08. The average Bonchev–Trinajstić information content (AvgIpc) is 3.41. The Morgan fingerprint density at radius 1 is 0.939 bits per heavy atom. The zero-order valence-electron chi connectivity index (χ0n) is 17.4. The van der Waals surface area contributed by atoms with Crippen LogP contribution in [0.4, 0.5) is 10.8 Å². The van der Waals surface area contributed by atoms with Crippen molar-refractivity contribution >= 4 is 61.7 Å². The first-order valence-corrected chi connectivity index (χ1v) is 11.6. The molecular weight excluding hydrogens is 458 g/mol. The molecule has 1 aromatic heterocycles.